The van der Waals surface area contributed by atoms with Crippen molar-refractivity contribution < 1.29 is 24.0 Å². The van der Waals surface area contributed by atoms with Crippen LogP contribution in [-0.2, 0) is 24.0 Å². The maximum absolute atomic E-state index is 13.3. The molecule has 0 spiro atoms. The van der Waals surface area contributed by atoms with Crippen molar-refractivity contribution in [2.75, 3.05) is 11.5 Å². The smallest absolute Gasteiger partial charge is 0.268 e. The molecule has 3 N–H and O–H groups in total. The van der Waals surface area contributed by atoms with Gasteiger partial charge in [-0.1, -0.05) is 45.9 Å². The van der Waals surface area contributed by atoms with Gasteiger partial charge in [0.25, 0.3) is 5.91 Å². The summed E-state index contributed by atoms with van der Waals surface area (Å²) in [5, 5.41) is 8.14. The first-order valence-electron chi connectivity index (χ1n) is 12.5. The molecule has 0 aromatic heterocycles. The normalized spacial score (nSPS) is 27.0. The van der Waals surface area contributed by atoms with Crippen molar-refractivity contribution in [3.05, 3.63) is 23.9 Å². The minimum atomic E-state index is -0.799. The largest absolute Gasteiger partial charge is 0.346 e. The van der Waals surface area contributed by atoms with Gasteiger partial charge in [-0.05, 0) is 36.9 Å². The van der Waals surface area contributed by atoms with Gasteiger partial charge in [-0.15, -0.1) is 0 Å². The Balaban J connectivity index is 3.43. The number of amides is 3. The van der Waals surface area contributed by atoms with Crippen LogP contribution in [0, 0.1) is 23.7 Å². The van der Waals surface area contributed by atoms with E-state index in [2.05, 4.69) is 41.2 Å². The van der Waals surface area contributed by atoms with E-state index in [1.54, 1.807) is 6.92 Å². The molecule has 0 aromatic rings. The molecule has 8 nitrogen and oxygen atoms in total. The SMILES string of the molecule is C/C=C1\NC(=O)[C@@H](CS)CC(=O)[C@@H](C(C)C)NC(=O)C[C@H](/C=C/CCS)CC(=O)[C@H](C(C)C)NC1=O. The number of hydrogen-bond donors (Lipinski definition) is 5. The highest BCUT2D eigenvalue weighted by molar-refractivity contribution is 7.80. The predicted octanol–water partition coefficient (Wildman–Crippen LogP) is 2.65. The predicted molar refractivity (Wildman–Crippen MR) is 148 cm³/mol. The lowest BCUT2D eigenvalue weighted by Crippen LogP contribution is -2.49. The highest BCUT2D eigenvalue weighted by Gasteiger charge is 2.32. The van der Waals surface area contributed by atoms with E-state index in [1.807, 2.05) is 39.8 Å². The Morgan fingerprint density at radius 1 is 0.889 bits per heavy atom. The Hall–Kier alpha value is -2.07. The van der Waals surface area contributed by atoms with Crippen molar-refractivity contribution in [2.45, 2.75) is 72.4 Å². The van der Waals surface area contributed by atoms with Crippen molar-refractivity contribution >= 4 is 54.5 Å². The number of hydrogen-bond acceptors (Lipinski definition) is 7. The number of rotatable bonds is 6. The van der Waals surface area contributed by atoms with Crippen LogP contribution in [0.15, 0.2) is 23.9 Å². The molecular formula is C26H41N3O5S2. The van der Waals surface area contributed by atoms with Crippen LogP contribution < -0.4 is 16.0 Å². The molecule has 0 bridgehead atoms. The van der Waals surface area contributed by atoms with Gasteiger partial charge in [-0.25, -0.2) is 0 Å². The molecule has 0 aromatic carbocycles. The third-order valence-corrected chi connectivity index (χ3v) is 6.77. The van der Waals surface area contributed by atoms with Crippen LogP contribution in [0.1, 0.15) is 60.3 Å². The first-order valence-corrected chi connectivity index (χ1v) is 13.7. The second-order valence-electron chi connectivity index (χ2n) is 9.80. The second kappa shape index (κ2) is 15.9. The highest BCUT2D eigenvalue weighted by Crippen LogP contribution is 2.19. The van der Waals surface area contributed by atoms with Crippen LogP contribution in [-0.4, -0.2) is 52.9 Å². The van der Waals surface area contributed by atoms with Crippen molar-refractivity contribution in [1.29, 1.82) is 0 Å². The van der Waals surface area contributed by atoms with Crippen LogP contribution in [0.3, 0.4) is 0 Å². The Labute approximate surface area is 225 Å². The summed E-state index contributed by atoms with van der Waals surface area (Å²) in [7, 11) is 0. The summed E-state index contributed by atoms with van der Waals surface area (Å²) in [5.74, 6) is -2.87. The van der Waals surface area contributed by atoms with Gasteiger partial charge in [-0.2, -0.15) is 25.3 Å². The van der Waals surface area contributed by atoms with Gasteiger partial charge in [0.2, 0.25) is 11.8 Å². The topological polar surface area (TPSA) is 121 Å². The van der Waals surface area contributed by atoms with Crippen LogP contribution in [0.25, 0.3) is 0 Å². The number of nitrogens with one attached hydrogen (secondary N) is 3. The number of carbonyl (C=O) groups excluding carboxylic acids is 5. The lowest BCUT2D eigenvalue weighted by Gasteiger charge is -2.26. The molecule has 4 atom stereocenters. The molecule has 0 radical (unpaired) electrons. The molecule has 3 amide bonds. The third-order valence-electron chi connectivity index (χ3n) is 6.08. The number of Topliss-reactive ketones (excluding diaryl/α,β-unsaturated/α-hetero) is 2. The molecule has 0 aliphatic carbocycles. The summed E-state index contributed by atoms with van der Waals surface area (Å²) < 4.78 is 0. The van der Waals surface area contributed by atoms with Crippen molar-refractivity contribution in [2.24, 2.45) is 23.7 Å². The first kappa shape index (κ1) is 32.0. The number of allylic oxidation sites excluding steroid dienone is 3. The lowest BCUT2D eigenvalue weighted by atomic mass is 9.89. The van der Waals surface area contributed by atoms with Crippen LogP contribution in [0.2, 0.25) is 0 Å². The Morgan fingerprint density at radius 3 is 2.00 bits per heavy atom. The first-order chi connectivity index (χ1) is 16.9. The van der Waals surface area contributed by atoms with Gasteiger partial charge in [0.15, 0.2) is 11.6 Å². The van der Waals surface area contributed by atoms with Crippen LogP contribution >= 0.6 is 25.3 Å². The molecule has 10 heteroatoms. The zero-order valence-electron chi connectivity index (χ0n) is 21.9. The Morgan fingerprint density at radius 2 is 1.47 bits per heavy atom. The van der Waals surface area contributed by atoms with Gasteiger partial charge >= 0.3 is 0 Å². The highest BCUT2D eigenvalue weighted by atomic mass is 32.1. The van der Waals surface area contributed by atoms with E-state index in [9.17, 15) is 24.0 Å². The standard InChI is InChI=1S/C26H41N3O5S2/c1-6-19-26(34)29-24(16(4)5)20(30)11-17(9-7-8-10-35)12-22(32)28-23(15(2)3)21(31)13-18(14-36)25(33)27-19/h6-7,9,15-18,23-24,35-36H,8,10-14H2,1-5H3,(H,27,33)(H,28,32)(H,29,34)/b9-7+,19-6-/t17-,18-,23-,24+/m1/s1. The lowest BCUT2D eigenvalue weighted by molar-refractivity contribution is -0.133. The average Bonchev–Trinajstić information content (AvgIpc) is 2.81. The summed E-state index contributed by atoms with van der Waals surface area (Å²) in [6, 6.07) is -1.59. The van der Waals surface area contributed by atoms with E-state index < -0.39 is 35.7 Å². The minimum Gasteiger partial charge on any atom is -0.346 e. The quantitative estimate of drug-likeness (QED) is 0.202. The summed E-state index contributed by atoms with van der Waals surface area (Å²) in [6.45, 7) is 8.89. The second-order valence-corrected chi connectivity index (χ2v) is 10.6. The van der Waals surface area contributed by atoms with E-state index in [0.29, 0.717) is 12.2 Å². The fourth-order valence-corrected chi connectivity index (χ4v) is 4.43. The van der Waals surface area contributed by atoms with Gasteiger partial charge in [0.1, 0.15) is 5.70 Å². The van der Waals surface area contributed by atoms with E-state index in [-0.39, 0.29) is 60.0 Å². The zero-order valence-corrected chi connectivity index (χ0v) is 23.7. The maximum atomic E-state index is 13.3. The van der Waals surface area contributed by atoms with E-state index in [1.165, 1.54) is 6.08 Å². The molecule has 1 saturated heterocycles. The number of ketones is 2. The molecule has 202 valence electrons. The number of thiol groups is 2. The fourth-order valence-electron chi connectivity index (χ4n) is 3.99. The molecule has 1 rings (SSSR count). The fraction of sp³-hybridized carbons (Fsp3) is 0.654. The minimum absolute atomic E-state index is 0.00344. The van der Waals surface area contributed by atoms with Crippen molar-refractivity contribution in [3.8, 4) is 0 Å². The Bertz CT molecular complexity index is 870. The average molecular weight is 540 g/mol. The van der Waals surface area contributed by atoms with Gasteiger partial charge in [0, 0.05) is 25.0 Å². The molecule has 36 heavy (non-hydrogen) atoms. The molecule has 0 saturated carbocycles. The van der Waals surface area contributed by atoms with Gasteiger partial charge in [0.05, 0.1) is 18.0 Å². The van der Waals surface area contributed by atoms with Crippen molar-refractivity contribution in [3.63, 3.8) is 0 Å². The molecule has 1 aliphatic heterocycles. The summed E-state index contributed by atoms with van der Waals surface area (Å²) >= 11 is 8.44. The summed E-state index contributed by atoms with van der Waals surface area (Å²) in [6.07, 6.45) is 5.78. The third kappa shape index (κ3) is 10.1. The van der Waals surface area contributed by atoms with E-state index in [4.69, 9.17) is 0 Å². The van der Waals surface area contributed by atoms with E-state index >= 15 is 0 Å². The van der Waals surface area contributed by atoms with Gasteiger partial charge in [-0.3, -0.25) is 24.0 Å². The monoisotopic (exact) mass is 539 g/mol. The van der Waals surface area contributed by atoms with E-state index in [0.717, 1.165) is 0 Å². The summed E-state index contributed by atoms with van der Waals surface area (Å²) in [5.41, 5.74) is 0.00344. The molecular weight excluding hydrogens is 498 g/mol. The molecule has 0 unspecified atom stereocenters. The summed E-state index contributed by atoms with van der Waals surface area (Å²) in [4.78, 5) is 65.2. The Kier molecular flexibility index (Phi) is 14.1. The van der Waals surface area contributed by atoms with Crippen LogP contribution in [0.4, 0.5) is 0 Å². The van der Waals surface area contributed by atoms with Gasteiger partial charge < -0.3 is 16.0 Å². The van der Waals surface area contributed by atoms with Crippen molar-refractivity contribution in [1.82, 2.24) is 16.0 Å². The zero-order chi connectivity index (χ0) is 27.4. The van der Waals surface area contributed by atoms with Crippen LogP contribution in [0.5, 0.6) is 0 Å². The molecule has 1 fully saturated rings. The number of carbonyl (C=O) groups is 5. The molecule has 1 aliphatic rings. The molecule has 1 heterocycles. The maximum Gasteiger partial charge on any atom is 0.268 e.